The fourth-order valence-electron chi connectivity index (χ4n) is 4.28. The Hall–Kier alpha value is 0.0249. The lowest BCUT2D eigenvalue weighted by Gasteiger charge is -2.76. The van der Waals surface area contributed by atoms with Gasteiger partial charge in [-0.2, -0.15) is 0 Å². The van der Waals surface area contributed by atoms with E-state index in [2.05, 4.69) is 13.7 Å². The molecule has 1 aliphatic heterocycles. The lowest BCUT2D eigenvalue weighted by atomic mass is 9.05. The highest BCUT2D eigenvalue weighted by Gasteiger charge is 2.72. The second-order valence-electron chi connectivity index (χ2n) is 5.01. The van der Waals surface area contributed by atoms with Gasteiger partial charge in [0.2, 0.25) is 0 Å². The van der Waals surface area contributed by atoms with Crippen molar-refractivity contribution < 1.29 is 0 Å². The first-order chi connectivity index (χ1) is 5.22. The van der Waals surface area contributed by atoms with Crippen LogP contribution in [0.4, 0.5) is 0 Å². The molecule has 0 amide bonds. The van der Waals surface area contributed by atoms with Crippen LogP contribution in [-0.4, -0.2) is 12.8 Å². The summed E-state index contributed by atoms with van der Waals surface area (Å²) in [6, 6.07) is 0.463. The van der Waals surface area contributed by atoms with Gasteiger partial charge in [-0.1, -0.05) is 24.9 Å². The average Bonchev–Trinajstić information content (AvgIpc) is 1.91. The first kappa shape index (κ1) is 6.53. The Labute approximate surface area is 68.8 Å². The standard InChI is InChI=1S/C9H16BN/c1-4(11)7-5-3-6-8(5)9(7)10(6)2/h4-9H,3,11H2,1-2H3. The van der Waals surface area contributed by atoms with Crippen molar-refractivity contribution in [1.29, 1.82) is 0 Å². The molecule has 6 unspecified atom stereocenters. The summed E-state index contributed by atoms with van der Waals surface area (Å²) in [5.74, 6) is 5.26. The molecule has 3 rings (SSSR count). The molecule has 1 saturated heterocycles. The summed E-state index contributed by atoms with van der Waals surface area (Å²) < 4.78 is 0. The van der Waals surface area contributed by atoms with Crippen molar-refractivity contribution in [2.75, 3.05) is 0 Å². The van der Waals surface area contributed by atoms with E-state index >= 15 is 0 Å². The molecule has 3 fully saturated rings. The summed E-state index contributed by atoms with van der Waals surface area (Å²) in [7, 11) is 0. The lowest BCUT2D eigenvalue weighted by molar-refractivity contribution is -0.0746. The van der Waals surface area contributed by atoms with Crippen molar-refractivity contribution in [3.8, 4) is 0 Å². The van der Waals surface area contributed by atoms with E-state index in [1.165, 1.54) is 6.42 Å². The fourth-order valence-corrected chi connectivity index (χ4v) is 4.28. The van der Waals surface area contributed by atoms with E-state index in [-0.39, 0.29) is 0 Å². The summed E-state index contributed by atoms with van der Waals surface area (Å²) in [5, 5.41) is 0. The molecule has 0 aromatic carbocycles. The highest BCUT2D eigenvalue weighted by molar-refractivity contribution is 6.65. The van der Waals surface area contributed by atoms with Gasteiger partial charge in [0.15, 0.2) is 0 Å². The van der Waals surface area contributed by atoms with Gasteiger partial charge in [0, 0.05) is 6.04 Å². The Morgan fingerprint density at radius 3 is 2.64 bits per heavy atom. The Balaban J connectivity index is 1.81. The summed E-state index contributed by atoms with van der Waals surface area (Å²) in [5.41, 5.74) is 5.96. The molecule has 6 atom stereocenters. The van der Waals surface area contributed by atoms with Crippen molar-refractivity contribution in [2.45, 2.75) is 37.8 Å². The van der Waals surface area contributed by atoms with Gasteiger partial charge in [-0.05, 0) is 24.7 Å². The zero-order valence-electron chi connectivity index (χ0n) is 7.33. The Bertz CT molecular complexity index is 198. The second-order valence-corrected chi connectivity index (χ2v) is 5.01. The molecule has 0 spiro atoms. The average molecular weight is 149 g/mol. The van der Waals surface area contributed by atoms with E-state index in [4.69, 9.17) is 5.73 Å². The van der Waals surface area contributed by atoms with Crippen LogP contribution in [0.1, 0.15) is 13.3 Å². The van der Waals surface area contributed by atoms with Crippen LogP contribution in [0.5, 0.6) is 0 Å². The molecule has 2 aliphatic carbocycles. The molecule has 2 saturated carbocycles. The van der Waals surface area contributed by atoms with Crippen LogP contribution in [0.15, 0.2) is 0 Å². The topological polar surface area (TPSA) is 26.0 Å². The molecule has 0 bridgehead atoms. The van der Waals surface area contributed by atoms with E-state index < -0.39 is 0 Å². The molecule has 11 heavy (non-hydrogen) atoms. The van der Waals surface area contributed by atoms with E-state index in [0.717, 1.165) is 36.1 Å². The Morgan fingerprint density at radius 1 is 1.55 bits per heavy atom. The quantitative estimate of drug-likeness (QED) is 0.561. The largest absolute Gasteiger partial charge is 0.328 e. The molecule has 2 heteroatoms. The van der Waals surface area contributed by atoms with E-state index in [9.17, 15) is 0 Å². The number of nitrogens with two attached hydrogens (primary N) is 1. The SMILES string of the molecule is CB1C2CC3C(C(C)N)C1C23. The Kier molecular flexibility index (Phi) is 0.999. The lowest BCUT2D eigenvalue weighted by Crippen LogP contribution is -2.72. The van der Waals surface area contributed by atoms with Crippen molar-refractivity contribution in [1.82, 2.24) is 0 Å². The minimum atomic E-state index is 0.463. The minimum absolute atomic E-state index is 0.463. The predicted octanol–water partition coefficient (Wildman–Crippen LogP) is 1.48. The molecule has 0 radical (unpaired) electrons. The van der Waals surface area contributed by atoms with Crippen LogP contribution in [0.2, 0.25) is 18.5 Å². The summed E-state index contributed by atoms with van der Waals surface area (Å²) in [6.45, 7) is 5.64. The third-order valence-corrected chi connectivity index (χ3v) is 4.81. The van der Waals surface area contributed by atoms with Crippen LogP contribution < -0.4 is 5.73 Å². The number of rotatable bonds is 1. The molecule has 0 aromatic rings. The molecule has 3 aliphatic rings. The van der Waals surface area contributed by atoms with E-state index in [0.29, 0.717) is 6.04 Å². The molecule has 60 valence electrons. The highest BCUT2D eigenvalue weighted by Crippen LogP contribution is 2.78. The van der Waals surface area contributed by atoms with E-state index in [1.807, 2.05) is 0 Å². The summed E-state index contributed by atoms with van der Waals surface area (Å²) >= 11 is 0. The third-order valence-electron chi connectivity index (χ3n) is 4.81. The van der Waals surface area contributed by atoms with Gasteiger partial charge < -0.3 is 5.73 Å². The van der Waals surface area contributed by atoms with Gasteiger partial charge >= 0.3 is 0 Å². The predicted molar refractivity (Wildman–Crippen MR) is 47.9 cm³/mol. The van der Waals surface area contributed by atoms with Crippen molar-refractivity contribution in [3.63, 3.8) is 0 Å². The first-order valence-corrected chi connectivity index (χ1v) is 4.97. The van der Waals surface area contributed by atoms with Gasteiger partial charge in [0.1, 0.15) is 6.71 Å². The van der Waals surface area contributed by atoms with E-state index in [1.54, 1.807) is 0 Å². The zero-order valence-corrected chi connectivity index (χ0v) is 7.33. The smallest absolute Gasteiger partial charge is 0.144 e. The highest BCUT2D eigenvalue weighted by atomic mass is 14.8. The maximum Gasteiger partial charge on any atom is 0.144 e. The fraction of sp³-hybridized carbons (Fsp3) is 1.00. The van der Waals surface area contributed by atoms with Gasteiger partial charge in [-0.25, -0.2) is 0 Å². The third kappa shape index (κ3) is 0.497. The van der Waals surface area contributed by atoms with Crippen LogP contribution in [-0.2, 0) is 0 Å². The van der Waals surface area contributed by atoms with Gasteiger partial charge in [-0.15, -0.1) is 0 Å². The van der Waals surface area contributed by atoms with Crippen molar-refractivity contribution >= 4 is 6.71 Å². The summed E-state index contributed by atoms with van der Waals surface area (Å²) in [6.07, 6.45) is 1.51. The molecule has 1 heterocycles. The molecular formula is C9H16BN. The molecule has 0 aromatic heterocycles. The summed E-state index contributed by atoms with van der Waals surface area (Å²) in [4.78, 5) is 0. The van der Waals surface area contributed by atoms with Crippen LogP contribution in [0.3, 0.4) is 0 Å². The number of hydrogen-bond donors (Lipinski definition) is 1. The minimum Gasteiger partial charge on any atom is -0.328 e. The van der Waals surface area contributed by atoms with Crippen LogP contribution in [0.25, 0.3) is 0 Å². The first-order valence-electron chi connectivity index (χ1n) is 4.97. The van der Waals surface area contributed by atoms with Gasteiger partial charge in [0.25, 0.3) is 0 Å². The molecule has 2 N–H and O–H groups in total. The molecular weight excluding hydrogens is 133 g/mol. The maximum absolute atomic E-state index is 5.96. The molecule has 1 nitrogen and oxygen atoms in total. The van der Waals surface area contributed by atoms with Gasteiger partial charge in [-0.3, -0.25) is 0 Å². The second kappa shape index (κ2) is 1.68. The normalized spacial score (nSPS) is 60.3. The number of hydrogen-bond acceptors (Lipinski definition) is 1. The van der Waals surface area contributed by atoms with Gasteiger partial charge in [0.05, 0.1) is 0 Å². The zero-order chi connectivity index (χ0) is 7.75. The Morgan fingerprint density at radius 2 is 2.27 bits per heavy atom. The van der Waals surface area contributed by atoms with Crippen LogP contribution >= 0.6 is 0 Å². The van der Waals surface area contributed by atoms with Crippen molar-refractivity contribution in [2.24, 2.45) is 23.5 Å². The van der Waals surface area contributed by atoms with Crippen LogP contribution in [0, 0.1) is 17.8 Å². The maximum atomic E-state index is 5.96. The monoisotopic (exact) mass is 149 g/mol. The van der Waals surface area contributed by atoms with Crippen molar-refractivity contribution in [3.05, 3.63) is 0 Å².